The van der Waals surface area contributed by atoms with E-state index in [1.54, 1.807) is 0 Å². The van der Waals surface area contributed by atoms with Crippen molar-refractivity contribution in [3.8, 4) is 17.2 Å². The number of fused-ring (bicyclic) bond motifs is 1. The maximum atomic E-state index is 13.5. The molecule has 1 heterocycles. The average molecular weight is 420 g/mol. The van der Waals surface area contributed by atoms with E-state index >= 15 is 0 Å². The van der Waals surface area contributed by atoms with Crippen LogP contribution in [0.15, 0.2) is 72.8 Å². The summed E-state index contributed by atoms with van der Waals surface area (Å²) in [6.07, 6.45) is 0. The number of likely N-dealkylation sites (N-methyl/N-ethyl adjacent to an activating group) is 1. The highest BCUT2D eigenvalue weighted by Crippen LogP contribution is 2.32. The van der Waals surface area contributed by atoms with E-state index in [1.807, 2.05) is 86.8 Å². The third kappa shape index (κ3) is 4.81. The Morgan fingerprint density at radius 2 is 1.77 bits per heavy atom. The highest BCUT2D eigenvalue weighted by atomic mass is 16.7. The minimum atomic E-state index is -0.402. The van der Waals surface area contributed by atoms with Gasteiger partial charge in [-0.05, 0) is 37.3 Å². The van der Waals surface area contributed by atoms with Gasteiger partial charge in [-0.3, -0.25) is 4.79 Å². The summed E-state index contributed by atoms with van der Waals surface area (Å²) in [5, 5.41) is 3.07. The molecule has 4 rings (SSSR count). The Balaban J connectivity index is 1.58. The number of benzene rings is 3. The maximum Gasteiger partial charge on any atom is 0.287 e. The van der Waals surface area contributed by atoms with Crippen molar-refractivity contribution in [3.05, 3.63) is 83.9 Å². The summed E-state index contributed by atoms with van der Waals surface area (Å²) in [6, 6.07) is 22.9. The molecule has 2 atom stereocenters. The van der Waals surface area contributed by atoms with E-state index in [4.69, 9.17) is 14.2 Å². The zero-order chi connectivity index (χ0) is 21.6. The molecule has 2 N–H and O–H groups in total. The molecule has 3 aromatic rings. The largest absolute Gasteiger partial charge is 0.492 e. The molecular weight excluding hydrogens is 392 g/mol. The third-order valence-electron chi connectivity index (χ3n) is 5.25. The lowest BCUT2D eigenvalue weighted by atomic mass is 10.0. The Morgan fingerprint density at radius 3 is 2.58 bits per heavy atom. The third-order valence-corrected chi connectivity index (χ3v) is 5.25. The summed E-state index contributed by atoms with van der Waals surface area (Å²) in [5.74, 6) is 2.08. The van der Waals surface area contributed by atoms with E-state index in [2.05, 4.69) is 5.32 Å². The lowest BCUT2D eigenvalue weighted by molar-refractivity contribution is -0.915. The van der Waals surface area contributed by atoms with Crippen molar-refractivity contribution in [1.29, 1.82) is 0 Å². The normalized spacial score (nSPS) is 14.0. The second-order valence-corrected chi connectivity index (χ2v) is 7.47. The Kier molecular flexibility index (Phi) is 6.38. The van der Waals surface area contributed by atoms with Crippen molar-refractivity contribution in [2.24, 2.45) is 0 Å². The molecule has 0 fully saturated rings. The number of quaternary nitrogens is 1. The van der Waals surface area contributed by atoms with Gasteiger partial charge in [-0.15, -0.1) is 0 Å². The van der Waals surface area contributed by atoms with Gasteiger partial charge in [0.2, 0.25) is 6.79 Å². The molecular formula is C25H27N2O4+. The second kappa shape index (κ2) is 9.53. The molecule has 3 aromatic carbocycles. The lowest BCUT2D eigenvalue weighted by Crippen LogP contribution is -3.09. The molecule has 0 saturated carbocycles. The van der Waals surface area contributed by atoms with E-state index in [0.717, 1.165) is 27.5 Å². The van der Waals surface area contributed by atoms with Gasteiger partial charge in [0.25, 0.3) is 5.91 Å². The first-order valence-corrected chi connectivity index (χ1v) is 10.4. The first kappa shape index (κ1) is 20.8. The van der Waals surface area contributed by atoms with Crippen LogP contribution in [-0.4, -0.2) is 26.4 Å². The van der Waals surface area contributed by atoms with Crippen LogP contribution in [0, 0.1) is 0 Å². The number of carbonyl (C=O) groups excluding carboxylic acids is 1. The van der Waals surface area contributed by atoms with Crippen LogP contribution in [0.3, 0.4) is 0 Å². The van der Waals surface area contributed by atoms with Crippen LogP contribution in [0.5, 0.6) is 17.2 Å². The van der Waals surface area contributed by atoms with Crippen molar-refractivity contribution < 1.29 is 23.9 Å². The molecule has 1 unspecified atom stereocenters. The quantitative estimate of drug-likeness (QED) is 0.589. The zero-order valence-electron chi connectivity index (χ0n) is 17.8. The van der Waals surface area contributed by atoms with Crippen LogP contribution in [0.4, 0.5) is 5.69 Å². The van der Waals surface area contributed by atoms with Crippen molar-refractivity contribution in [1.82, 2.24) is 0 Å². The van der Waals surface area contributed by atoms with Crippen LogP contribution in [0.1, 0.15) is 24.1 Å². The molecule has 6 nitrogen and oxygen atoms in total. The summed E-state index contributed by atoms with van der Waals surface area (Å²) in [6.45, 7) is 3.35. The summed E-state index contributed by atoms with van der Waals surface area (Å²) in [4.78, 5) is 14.5. The van der Waals surface area contributed by atoms with Gasteiger partial charge in [-0.1, -0.05) is 42.5 Å². The van der Waals surface area contributed by atoms with Gasteiger partial charge in [-0.25, -0.2) is 0 Å². The molecule has 1 aliphatic rings. The Hall–Kier alpha value is -3.51. The van der Waals surface area contributed by atoms with Gasteiger partial charge in [0, 0.05) is 11.1 Å². The standard InChI is InChI=1S/C25H26N2O4/c1-3-29-21-12-8-7-11-20(21)26-25(28)24(19-9-5-4-6-10-19)27(2)16-18-13-14-22-23(15-18)31-17-30-22/h4-15,24H,3,16-17H2,1-2H3,(H,26,28)/p+1/t24-/m1/s1. The fraction of sp³-hybridized carbons (Fsp3) is 0.240. The first-order valence-electron chi connectivity index (χ1n) is 10.4. The predicted octanol–water partition coefficient (Wildman–Crippen LogP) is 3.21. The fourth-order valence-electron chi connectivity index (χ4n) is 3.84. The van der Waals surface area contributed by atoms with Crippen LogP contribution < -0.4 is 24.4 Å². The summed E-state index contributed by atoms with van der Waals surface area (Å²) < 4.78 is 16.6. The Bertz CT molecular complexity index is 1040. The van der Waals surface area contributed by atoms with E-state index in [9.17, 15) is 4.79 Å². The number of rotatable bonds is 8. The molecule has 31 heavy (non-hydrogen) atoms. The van der Waals surface area contributed by atoms with E-state index in [1.165, 1.54) is 0 Å². The van der Waals surface area contributed by atoms with Gasteiger partial charge in [-0.2, -0.15) is 0 Å². The van der Waals surface area contributed by atoms with Crippen LogP contribution >= 0.6 is 0 Å². The number of para-hydroxylation sites is 2. The number of ether oxygens (including phenoxy) is 3. The van der Waals surface area contributed by atoms with Crippen molar-refractivity contribution >= 4 is 11.6 Å². The molecule has 1 aliphatic heterocycles. The predicted molar refractivity (Wildman–Crippen MR) is 119 cm³/mol. The van der Waals surface area contributed by atoms with Crippen molar-refractivity contribution in [3.63, 3.8) is 0 Å². The molecule has 0 bridgehead atoms. The van der Waals surface area contributed by atoms with Gasteiger partial charge in [0.15, 0.2) is 17.5 Å². The van der Waals surface area contributed by atoms with E-state index < -0.39 is 6.04 Å². The van der Waals surface area contributed by atoms with E-state index in [-0.39, 0.29) is 12.7 Å². The molecule has 160 valence electrons. The van der Waals surface area contributed by atoms with Crippen molar-refractivity contribution in [2.45, 2.75) is 19.5 Å². The monoisotopic (exact) mass is 419 g/mol. The summed E-state index contributed by atoms with van der Waals surface area (Å²) in [7, 11) is 2.02. The minimum Gasteiger partial charge on any atom is -0.492 e. The van der Waals surface area contributed by atoms with E-state index in [0.29, 0.717) is 24.6 Å². The van der Waals surface area contributed by atoms with Crippen molar-refractivity contribution in [2.75, 3.05) is 25.8 Å². The first-order chi connectivity index (χ1) is 15.2. The van der Waals surface area contributed by atoms with Gasteiger partial charge in [0.1, 0.15) is 12.3 Å². The van der Waals surface area contributed by atoms with Gasteiger partial charge in [0.05, 0.1) is 19.3 Å². The summed E-state index contributed by atoms with van der Waals surface area (Å²) >= 11 is 0. The fourth-order valence-corrected chi connectivity index (χ4v) is 3.84. The Labute approximate surface area is 182 Å². The Morgan fingerprint density at radius 1 is 1.03 bits per heavy atom. The number of amides is 1. The van der Waals surface area contributed by atoms with Crippen LogP contribution in [0.25, 0.3) is 0 Å². The minimum absolute atomic E-state index is 0.0865. The maximum absolute atomic E-state index is 13.5. The topological polar surface area (TPSA) is 61.2 Å². The van der Waals surface area contributed by atoms with Gasteiger partial charge >= 0.3 is 0 Å². The number of hydrogen-bond acceptors (Lipinski definition) is 4. The number of nitrogens with one attached hydrogen (secondary N) is 2. The average Bonchev–Trinajstić information content (AvgIpc) is 3.24. The molecule has 1 amide bonds. The number of carbonyl (C=O) groups is 1. The second-order valence-electron chi connectivity index (χ2n) is 7.47. The number of anilines is 1. The summed E-state index contributed by atoms with van der Waals surface area (Å²) in [5.41, 5.74) is 2.70. The SMILES string of the molecule is CCOc1ccccc1NC(=O)[C@@H](c1ccccc1)[NH+](C)Cc1ccc2c(c1)OCO2. The smallest absolute Gasteiger partial charge is 0.287 e. The van der Waals surface area contributed by atoms with Gasteiger partial charge < -0.3 is 24.4 Å². The molecule has 0 aromatic heterocycles. The highest BCUT2D eigenvalue weighted by molar-refractivity contribution is 5.95. The highest BCUT2D eigenvalue weighted by Gasteiger charge is 2.30. The van der Waals surface area contributed by atoms with Crippen LogP contribution in [0.2, 0.25) is 0 Å². The molecule has 0 radical (unpaired) electrons. The molecule has 0 spiro atoms. The zero-order valence-corrected chi connectivity index (χ0v) is 17.8. The van der Waals surface area contributed by atoms with Crippen LogP contribution in [-0.2, 0) is 11.3 Å². The molecule has 0 saturated heterocycles. The molecule has 0 aliphatic carbocycles. The lowest BCUT2D eigenvalue weighted by Gasteiger charge is -2.25. The molecule has 6 heteroatoms. The number of hydrogen-bond donors (Lipinski definition) is 2.